The Labute approximate surface area is 127 Å². The zero-order chi connectivity index (χ0) is 15.1. The largest absolute Gasteiger partial charge is 0.326 e. The van der Waals surface area contributed by atoms with E-state index in [-0.39, 0.29) is 11.8 Å². The van der Waals surface area contributed by atoms with Crippen LogP contribution in [-0.2, 0) is 4.79 Å². The fourth-order valence-electron chi connectivity index (χ4n) is 3.12. The van der Waals surface area contributed by atoms with Gasteiger partial charge in [0, 0.05) is 11.6 Å². The van der Waals surface area contributed by atoms with Crippen LogP contribution in [0.2, 0.25) is 0 Å². The van der Waals surface area contributed by atoms with E-state index in [0.29, 0.717) is 5.56 Å². The molecular formula is C18H24N2O. The maximum atomic E-state index is 12.3. The number of carbonyl (C=O) groups is 1. The van der Waals surface area contributed by atoms with Gasteiger partial charge in [-0.2, -0.15) is 5.26 Å². The second kappa shape index (κ2) is 7.83. The molecule has 2 rings (SSSR count). The second-order valence-corrected chi connectivity index (χ2v) is 6.04. The Hall–Kier alpha value is -1.82. The van der Waals surface area contributed by atoms with Gasteiger partial charge in [-0.05, 0) is 49.8 Å². The summed E-state index contributed by atoms with van der Waals surface area (Å²) in [5.41, 5.74) is 1.31. The van der Waals surface area contributed by atoms with Crippen LogP contribution < -0.4 is 5.32 Å². The molecule has 1 fully saturated rings. The summed E-state index contributed by atoms with van der Waals surface area (Å²) in [6.07, 6.45) is 8.23. The van der Waals surface area contributed by atoms with Crippen LogP contribution in [0.5, 0.6) is 0 Å². The number of carbonyl (C=O) groups excluding carboxylic acids is 1. The first-order valence-corrected chi connectivity index (χ1v) is 8.04. The van der Waals surface area contributed by atoms with Crippen molar-refractivity contribution in [3.05, 3.63) is 29.8 Å². The monoisotopic (exact) mass is 284 g/mol. The van der Waals surface area contributed by atoms with Gasteiger partial charge in [-0.15, -0.1) is 0 Å². The number of nitrogens with zero attached hydrogens (tertiary/aromatic N) is 1. The van der Waals surface area contributed by atoms with Crippen molar-refractivity contribution in [2.24, 2.45) is 11.8 Å². The maximum Gasteiger partial charge on any atom is 0.227 e. The smallest absolute Gasteiger partial charge is 0.227 e. The molecule has 0 radical (unpaired) electrons. The van der Waals surface area contributed by atoms with Gasteiger partial charge in [0.25, 0.3) is 0 Å². The van der Waals surface area contributed by atoms with E-state index in [1.807, 2.05) is 6.07 Å². The number of nitriles is 1. The molecule has 3 nitrogen and oxygen atoms in total. The van der Waals surface area contributed by atoms with E-state index < -0.39 is 0 Å². The third-order valence-corrected chi connectivity index (χ3v) is 4.44. The van der Waals surface area contributed by atoms with E-state index in [2.05, 4.69) is 18.3 Å². The molecule has 1 amide bonds. The number of amides is 1. The van der Waals surface area contributed by atoms with Crippen LogP contribution in [0.25, 0.3) is 0 Å². The topological polar surface area (TPSA) is 52.9 Å². The molecule has 1 aliphatic rings. The molecule has 1 N–H and O–H groups in total. The Morgan fingerprint density at radius 3 is 2.76 bits per heavy atom. The van der Waals surface area contributed by atoms with E-state index in [1.165, 1.54) is 32.1 Å². The van der Waals surface area contributed by atoms with Crippen molar-refractivity contribution in [3.63, 3.8) is 0 Å². The molecule has 0 aliphatic heterocycles. The number of hydrogen-bond acceptors (Lipinski definition) is 2. The van der Waals surface area contributed by atoms with Gasteiger partial charge in [-0.1, -0.05) is 32.3 Å². The Bertz CT molecular complexity index is 510. The summed E-state index contributed by atoms with van der Waals surface area (Å²) in [4.78, 5) is 12.3. The number of unbranched alkanes of at least 4 members (excludes halogenated alkanes) is 1. The third-order valence-electron chi connectivity index (χ3n) is 4.44. The van der Waals surface area contributed by atoms with Crippen LogP contribution in [0.15, 0.2) is 24.3 Å². The lowest BCUT2D eigenvalue weighted by Gasteiger charge is -2.27. The molecule has 0 saturated heterocycles. The molecule has 1 aromatic rings. The van der Waals surface area contributed by atoms with Crippen LogP contribution >= 0.6 is 0 Å². The molecule has 1 saturated carbocycles. The third kappa shape index (κ3) is 4.60. The highest BCUT2D eigenvalue weighted by Gasteiger charge is 2.25. The average molecular weight is 284 g/mol. The van der Waals surface area contributed by atoms with Gasteiger partial charge < -0.3 is 5.32 Å². The molecule has 3 heteroatoms. The molecule has 21 heavy (non-hydrogen) atoms. The Morgan fingerprint density at radius 1 is 1.33 bits per heavy atom. The van der Waals surface area contributed by atoms with E-state index in [0.717, 1.165) is 24.4 Å². The molecule has 1 aliphatic carbocycles. The van der Waals surface area contributed by atoms with Crippen LogP contribution in [0.1, 0.15) is 57.4 Å². The fourth-order valence-corrected chi connectivity index (χ4v) is 3.12. The van der Waals surface area contributed by atoms with Crippen LogP contribution in [0.3, 0.4) is 0 Å². The lowest BCUT2D eigenvalue weighted by atomic mass is 9.79. The predicted molar refractivity (Wildman–Crippen MR) is 84.8 cm³/mol. The number of nitrogens with one attached hydrogen (secondary N) is 1. The van der Waals surface area contributed by atoms with Crippen molar-refractivity contribution in [2.45, 2.75) is 51.9 Å². The highest BCUT2D eigenvalue weighted by atomic mass is 16.1. The Kier molecular flexibility index (Phi) is 5.80. The van der Waals surface area contributed by atoms with Gasteiger partial charge in [-0.25, -0.2) is 0 Å². The maximum absolute atomic E-state index is 12.3. The molecule has 0 bridgehead atoms. The number of benzene rings is 1. The molecule has 0 atom stereocenters. The molecule has 1 aromatic carbocycles. The van der Waals surface area contributed by atoms with Gasteiger partial charge in [0.15, 0.2) is 0 Å². The molecule has 0 spiro atoms. The Morgan fingerprint density at radius 2 is 2.10 bits per heavy atom. The standard InChI is InChI=1S/C18H24N2O/c1-2-3-5-14-8-10-16(11-9-14)18(21)20-17-7-4-6-15(12-17)13-19/h4,6-7,12,14,16H,2-3,5,8-11H2,1H3,(H,20,21). The zero-order valence-corrected chi connectivity index (χ0v) is 12.8. The first kappa shape index (κ1) is 15.6. The van der Waals surface area contributed by atoms with Crippen molar-refractivity contribution in [2.75, 3.05) is 5.32 Å². The van der Waals surface area contributed by atoms with E-state index in [4.69, 9.17) is 5.26 Å². The van der Waals surface area contributed by atoms with Crippen molar-refractivity contribution >= 4 is 11.6 Å². The fraction of sp³-hybridized carbons (Fsp3) is 0.556. The lowest BCUT2D eigenvalue weighted by Crippen LogP contribution is -2.27. The van der Waals surface area contributed by atoms with Gasteiger partial charge >= 0.3 is 0 Å². The van der Waals surface area contributed by atoms with E-state index in [1.54, 1.807) is 18.2 Å². The summed E-state index contributed by atoms with van der Waals surface area (Å²) >= 11 is 0. The minimum Gasteiger partial charge on any atom is -0.326 e. The molecule has 0 unspecified atom stereocenters. The quantitative estimate of drug-likeness (QED) is 0.865. The average Bonchev–Trinajstić information content (AvgIpc) is 2.53. The lowest BCUT2D eigenvalue weighted by molar-refractivity contribution is -0.121. The van der Waals surface area contributed by atoms with E-state index in [9.17, 15) is 4.79 Å². The predicted octanol–water partition coefficient (Wildman–Crippen LogP) is 4.49. The molecular weight excluding hydrogens is 260 g/mol. The van der Waals surface area contributed by atoms with Crippen LogP contribution in [-0.4, -0.2) is 5.91 Å². The number of anilines is 1. The Balaban J connectivity index is 1.83. The second-order valence-electron chi connectivity index (χ2n) is 6.04. The SMILES string of the molecule is CCCCC1CCC(C(=O)Nc2cccc(C#N)c2)CC1. The summed E-state index contributed by atoms with van der Waals surface area (Å²) in [7, 11) is 0. The molecule has 0 heterocycles. The highest BCUT2D eigenvalue weighted by Crippen LogP contribution is 2.32. The molecule has 0 aromatic heterocycles. The van der Waals surface area contributed by atoms with Gasteiger partial charge in [-0.3, -0.25) is 4.79 Å². The van der Waals surface area contributed by atoms with Crippen LogP contribution in [0.4, 0.5) is 5.69 Å². The van der Waals surface area contributed by atoms with Gasteiger partial charge in [0.1, 0.15) is 0 Å². The highest BCUT2D eigenvalue weighted by molar-refractivity contribution is 5.92. The normalized spacial score (nSPS) is 21.5. The number of hydrogen-bond donors (Lipinski definition) is 1. The van der Waals surface area contributed by atoms with Crippen molar-refractivity contribution in [3.8, 4) is 6.07 Å². The van der Waals surface area contributed by atoms with Crippen molar-refractivity contribution in [1.29, 1.82) is 5.26 Å². The first-order valence-electron chi connectivity index (χ1n) is 8.04. The minimum absolute atomic E-state index is 0.110. The first-order chi connectivity index (χ1) is 10.2. The van der Waals surface area contributed by atoms with E-state index >= 15 is 0 Å². The van der Waals surface area contributed by atoms with Crippen molar-refractivity contribution < 1.29 is 4.79 Å². The summed E-state index contributed by atoms with van der Waals surface area (Å²) in [5, 5.41) is 11.8. The van der Waals surface area contributed by atoms with Crippen LogP contribution in [0, 0.1) is 23.2 Å². The summed E-state index contributed by atoms with van der Waals surface area (Å²) in [5.74, 6) is 1.06. The molecule has 112 valence electrons. The summed E-state index contributed by atoms with van der Waals surface area (Å²) in [6.45, 7) is 2.23. The van der Waals surface area contributed by atoms with Gasteiger partial charge in [0.05, 0.1) is 11.6 Å². The zero-order valence-electron chi connectivity index (χ0n) is 12.8. The van der Waals surface area contributed by atoms with Crippen molar-refractivity contribution in [1.82, 2.24) is 0 Å². The summed E-state index contributed by atoms with van der Waals surface area (Å²) < 4.78 is 0. The van der Waals surface area contributed by atoms with Gasteiger partial charge in [0.2, 0.25) is 5.91 Å². The number of rotatable bonds is 5. The minimum atomic E-state index is 0.110. The summed E-state index contributed by atoms with van der Waals surface area (Å²) in [6, 6.07) is 9.21.